The van der Waals surface area contributed by atoms with Gasteiger partial charge in [0.15, 0.2) is 0 Å². The van der Waals surface area contributed by atoms with Crippen LogP contribution in [0.5, 0.6) is 0 Å². The minimum absolute atomic E-state index is 0.00388. The normalized spacial score (nSPS) is 40.5. The molecule has 0 bridgehead atoms. The maximum absolute atomic E-state index is 14.6. The quantitative estimate of drug-likeness (QED) is 0.711. The average Bonchev–Trinajstić information content (AvgIpc) is 2.61. The highest BCUT2D eigenvalue weighted by Crippen LogP contribution is 2.33. The van der Waals surface area contributed by atoms with Gasteiger partial charge in [-0.15, -0.1) is 11.6 Å². The number of alkyl halides is 2. The van der Waals surface area contributed by atoms with Gasteiger partial charge in [-0.25, -0.2) is 4.39 Å². The van der Waals surface area contributed by atoms with E-state index in [-0.39, 0.29) is 36.1 Å². The van der Waals surface area contributed by atoms with Crippen molar-refractivity contribution in [2.75, 3.05) is 32.8 Å². The molecule has 4 fully saturated rings. The highest BCUT2D eigenvalue weighted by atomic mass is 35.5. The summed E-state index contributed by atoms with van der Waals surface area (Å²) in [4.78, 5) is 29.6. The van der Waals surface area contributed by atoms with Gasteiger partial charge in [-0.3, -0.25) is 14.9 Å². The lowest BCUT2D eigenvalue weighted by Crippen LogP contribution is -2.70. The van der Waals surface area contributed by atoms with Gasteiger partial charge >= 0.3 is 0 Å². The Bertz CT molecular complexity index is 597. The van der Waals surface area contributed by atoms with Crippen LogP contribution in [0.15, 0.2) is 0 Å². The van der Waals surface area contributed by atoms with Crippen molar-refractivity contribution in [1.29, 1.82) is 0 Å². The number of rotatable bonds is 4. The molecule has 0 spiro atoms. The van der Waals surface area contributed by atoms with Gasteiger partial charge in [0.1, 0.15) is 24.9 Å². The molecule has 0 aromatic rings. The molecule has 2 amide bonds. The van der Waals surface area contributed by atoms with Crippen LogP contribution >= 0.6 is 11.6 Å². The zero-order valence-electron chi connectivity index (χ0n) is 16.5. The summed E-state index contributed by atoms with van der Waals surface area (Å²) < 4.78 is 19.9. The van der Waals surface area contributed by atoms with Crippen LogP contribution in [-0.2, 0) is 14.3 Å². The number of ether oxygens (including phenoxy) is 1. The third-order valence-electron chi connectivity index (χ3n) is 6.91. The first kappa shape index (κ1) is 20.4. The Balaban J connectivity index is 1.49. The smallest absolute Gasteiger partial charge is 0.247 e. The van der Waals surface area contributed by atoms with E-state index in [1.165, 1.54) is 17.7 Å². The zero-order chi connectivity index (χ0) is 19.8. The van der Waals surface area contributed by atoms with Crippen molar-refractivity contribution in [3.8, 4) is 0 Å². The lowest BCUT2D eigenvalue weighted by atomic mass is 9.82. The molecule has 4 atom stereocenters. The molecule has 1 saturated carbocycles. The average molecular weight is 416 g/mol. The van der Waals surface area contributed by atoms with Crippen LogP contribution in [0.2, 0.25) is 0 Å². The topological polar surface area (TPSA) is 61.9 Å². The summed E-state index contributed by atoms with van der Waals surface area (Å²) in [5, 5.41) is 2.74. The molecule has 3 heterocycles. The summed E-state index contributed by atoms with van der Waals surface area (Å²) in [7, 11) is 0. The standard InChI is InChI=1S/C20H31ClFN3O3/c1-12-2-4-13(5-3-12)8-24-17(26)9-25(19-16(22)6-15(21)7-23-19)20(27)18(24)14-10-28-11-14/h12-16,18-19,23H,2-11H2,1H3/t12?,13?,15?,16?,18-,19?/m0/s1. The first-order chi connectivity index (χ1) is 13.4. The zero-order valence-corrected chi connectivity index (χ0v) is 17.2. The predicted molar refractivity (Wildman–Crippen MR) is 104 cm³/mol. The number of piperidine rings is 1. The maximum Gasteiger partial charge on any atom is 0.247 e. The second-order valence-electron chi connectivity index (χ2n) is 9.08. The van der Waals surface area contributed by atoms with Crippen LogP contribution in [-0.4, -0.2) is 78.2 Å². The molecule has 4 rings (SSSR count). The lowest BCUT2D eigenvalue weighted by Gasteiger charge is -2.50. The van der Waals surface area contributed by atoms with E-state index < -0.39 is 18.4 Å². The summed E-state index contributed by atoms with van der Waals surface area (Å²) in [6, 6.07) is -0.530. The van der Waals surface area contributed by atoms with Gasteiger partial charge in [0.25, 0.3) is 0 Å². The van der Waals surface area contributed by atoms with Gasteiger partial charge in [0, 0.05) is 24.4 Å². The van der Waals surface area contributed by atoms with Gasteiger partial charge in [0.2, 0.25) is 11.8 Å². The van der Waals surface area contributed by atoms with E-state index in [0.717, 1.165) is 18.8 Å². The SMILES string of the molecule is CC1CCC(CN2C(=O)CN(C3NCC(Cl)CC3F)C(=O)[C@@H]2C2COC2)CC1. The molecule has 1 aliphatic carbocycles. The Morgan fingerprint density at radius 3 is 2.54 bits per heavy atom. The molecule has 3 saturated heterocycles. The Kier molecular flexibility index (Phi) is 6.14. The number of hydrogen-bond donors (Lipinski definition) is 1. The van der Waals surface area contributed by atoms with E-state index in [1.54, 1.807) is 4.90 Å². The van der Waals surface area contributed by atoms with E-state index in [2.05, 4.69) is 12.2 Å². The molecule has 158 valence electrons. The molecule has 1 N–H and O–H groups in total. The molecule has 4 aliphatic rings. The minimum atomic E-state index is -1.27. The van der Waals surface area contributed by atoms with Crippen molar-refractivity contribution < 1.29 is 18.7 Å². The number of halogens is 2. The first-order valence-electron chi connectivity index (χ1n) is 10.6. The Morgan fingerprint density at radius 1 is 1.21 bits per heavy atom. The molecule has 3 unspecified atom stereocenters. The number of carbonyl (C=O) groups excluding carboxylic acids is 2. The summed E-state index contributed by atoms with van der Waals surface area (Å²) in [5.74, 6) is 0.971. The van der Waals surface area contributed by atoms with Gasteiger partial charge in [-0.2, -0.15) is 0 Å². The second-order valence-corrected chi connectivity index (χ2v) is 9.70. The number of amides is 2. The number of carbonyl (C=O) groups is 2. The van der Waals surface area contributed by atoms with E-state index in [0.29, 0.717) is 32.2 Å². The molecule has 0 radical (unpaired) electrons. The van der Waals surface area contributed by atoms with Crippen molar-refractivity contribution >= 4 is 23.4 Å². The fourth-order valence-electron chi connectivity index (χ4n) is 5.04. The molecule has 0 aromatic heterocycles. The molecular formula is C20H31ClFN3O3. The van der Waals surface area contributed by atoms with Crippen LogP contribution in [0, 0.1) is 17.8 Å². The van der Waals surface area contributed by atoms with Gasteiger partial charge < -0.3 is 14.5 Å². The molecule has 8 heteroatoms. The third kappa shape index (κ3) is 4.03. The van der Waals surface area contributed by atoms with Crippen molar-refractivity contribution in [2.24, 2.45) is 17.8 Å². The Hall–Kier alpha value is -0.920. The van der Waals surface area contributed by atoms with E-state index in [9.17, 15) is 14.0 Å². The monoisotopic (exact) mass is 415 g/mol. The Morgan fingerprint density at radius 2 is 1.93 bits per heavy atom. The number of piperazine rings is 1. The maximum atomic E-state index is 14.6. The molecule has 3 aliphatic heterocycles. The minimum Gasteiger partial charge on any atom is -0.380 e. The number of nitrogens with zero attached hydrogens (tertiary/aromatic N) is 2. The van der Waals surface area contributed by atoms with E-state index in [4.69, 9.17) is 16.3 Å². The predicted octanol–water partition coefficient (Wildman–Crippen LogP) is 1.76. The van der Waals surface area contributed by atoms with Gasteiger partial charge in [-0.1, -0.05) is 19.8 Å². The van der Waals surface area contributed by atoms with E-state index >= 15 is 0 Å². The van der Waals surface area contributed by atoms with Crippen molar-refractivity contribution in [2.45, 2.75) is 62.8 Å². The number of nitrogens with one attached hydrogen (secondary N) is 1. The van der Waals surface area contributed by atoms with Crippen LogP contribution < -0.4 is 5.32 Å². The second kappa shape index (κ2) is 8.44. The number of hydrogen-bond acceptors (Lipinski definition) is 4. The molecule has 0 aromatic carbocycles. The van der Waals surface area contributed by atoms with Crippen LogP contribution in [0.25, 0.3) is 0 Å². The summed E-state index contributed by atoms with van der Waals surface area (Å²) in [6.45, 7) is 4.25. The van der Waals surface area contributed by atoms with Gasteiger partial charge in [-0.05, 0) is 31.1 Å². The van der Waals surface area contributed by atoms with Gasteiger partial charge in [0.05, 0.1) is 13.2 Å². The molecule has 28 heavy (non-hydrogen) atoms. The fraction of sp³-hybridized carbons (Fsp3) is 0.900. The van der Waals surface area contributed by atoms with Crippen LogP contribution in [0.4, 0.5) is 4.39 Å². The third-order valence-corrected chi connectivity index (χ3v) is 7.24. The lowest BCUT2D eigenvalue weighted by molar-refractivity contribution is -0.173. The highest BCUT2D eigenvalue weighted by molar-refractivity contribution is 6.20. The molecular weight excluding hydrogens is 385 g/mol. The molecule has 6 nitrogen and oxygen atoms in total. The van der Waals surface area contributed by atoms with Crippen molar-refractivity contribution in [3.05, 3.63) is 0 Å². The summed E-state index contributed by atoms with van der Waals surface area (Å²) in [5.41, 5.74) is 0. The largest absolute Gasteiger partial charge is 0.380 e. The van der Waals surface area contributed by atoms with Crippen LogP contribution in [0.3, 0.4) is 0 Å². The summed E-state index contributed by atoms with van der Waals surface area (Å²) >= 11 is 6.04. The highest BCUT2D eigenvalue weighted by Gasteiger charge is 2.50. The van der Waals surface area contributed by atoms with Crippen molar-refractivity contribution in [3.63, 3.8) is 0 Å². The summed E-state index contributed by atoms with van der Waals surface area (Å²) in [6.07, 6.45) is 2.72. The van der Waals surface area contributed by atoms with Crippen LogP contribution in [0.1, 0.15) is 39.0 Å². The Labute approximate surface area is 171 Å². The van der Waals surface area contributed by atoms with E-state index in [1.807, 2.05) is 0 Å². The first-order valence-corrected chi connectivity index (χ1v) is 11.1. The fourth-order valence-corrected chi connectivity index (χ4v) is 5.30. The van der Waals surface area contributed by atoms with Crippen molar-refractivity contribution in [1.82, 2.24) is 15.1 Å².